The average molecular weight is 428 g/mol. The minimum atomic E-state index is -4.84. The molecule has 2 aromatic rings. The average Bonchev–Trinajstić information content (AvgIpc) is 3.19. The zero-order chi connectivity index (χ0) is 21.1. The highest BCUT2D eigenvalue weighted by Crippen LogP contribution is 2.34. The smallest absolute Gasteiger partial charge is 0.376 e. The van der Waals surface area contributed by atoms with E-state index < -0.39 is 32.6 Å². The lowest BCUT2D eigenvalue weighted by Gasteiger charge is -2.16. The van der Waals surface area contributed by atoms with E-state index in [9.17, 15) is 26.4 Å². The number of hydrogen-bond donors (Lipinski definition) is 2. The van der Waals surface area contributed by atoms with E-state index in [2.05, 4.69) is 10.0 Å². The van der Waals surface area contributed by atoms with Crippen LogP contribution in [0.5, 0.6) is 0 Å². The van der Waals surface area contributed by atoms with Crippen molar-refractivity contribution in [1.82, 2.24) is 5.32 Å². The van der Waals surface area contributed by atoms with Crippen molar-refractivity contribution < 1.29 is 31.1 Å². The Labute approximate surface area is 166 Å². The Morgan fingerprint density at radius 2 is 1.79 bits per heavy atom. The van der Waals surface area contributed by atoms with Crippen molar-refractivity contribution in [3.05, 3.63) is 59.7 Å². The fourth-order valence-corrected chi connectivity index (χ4v) is 4.32. The van der Waals surface area contributed by atoms with Crippen molar-refractivity contribution >= 4 is 21.6 Å². The number of ether oxygens (including phenoxy) is 1. The number of carbonyl (C=O) groups excluding carboxylic acids is 1. The molecule has 10 heteroatoms. The van der Waals surface area contributed by atoms with Crippen LogP contribution in [0.4, 0.5) is 18.9 Å². The van der Waals surface area contributed by atoms with Gasteiger partial charge < -0.3 is 10.1 Å². The summed E-state index contributed by atoms with van der Waals surface area (Å²) < 4.78 is 72.4. The van der Waals surface area contributed by atoms with Crippen LogP contribution in [-0.4, -0.2) is 33.6 Å². The first-order valence-electron chi connectivity index (χ1n) is 8.86. The molecule has 1 aliphatic rings. The SMILES string of the molecule is O=C(NCC1CCCO1)c1ccccc1NS(=O)(=O)c1ccccc1C(F)(F)F. The Balaban J connectivity index is 1.84. The van der Waals surface area contributed by atoms with Crippen LogP contribution in [0, 0.1) is 0 Å². The van der Waals surface area contributed by atoms with Gasteiger partial charge in [0, 0.05) is 13.2 Å². The quantitative estimate of drug-likeness (QED) is 0.739. The Morgan fingerprint density at radius 3 is 2.48 bits per heavy atom. The fourth-order valence-electron chi connectivity index (χ4n) is 3.01. The lowest BCUT2D eigenvalue weighted by Crippen LogP contribution is -2.32. The molecule has 0 aliphatic carbocycles. The van der Waals surface area contributed by atoms with Gasteiger partial charge in [0.25, 0.3) is 15.9 Å². The van der Waals surface area contributed by atoms with E-state index in [1.807, 2.05) is 0 Å². The summed E-state index contributed by atoms with van der Waals surface area (Å²) in [6, 6.07) is 9.57. The summed E-state index contributed by atoms with van der Waals surface area (Å²) in [7, 11) is -4.59. The third-order valence-electron chi connectivity index (χ3n) is 4.41. The van der Waals surface area contributed by atoms with Crippen LogP contribution in [0.2, 0.25) is 0 Å². The molecule has 0 saturated carbocycles. The first-order chi connectivity index (χ1) is 13.7. The molecule has 3 rings (SSSR count). The molecule has 1 atom stereocenters. The van der Waals surface area contributed by atoms with E-state index in [1.165, 1.54) is 30.3 Å². The van der Waals surface area contributed by atoms with Crippen LogP contribution in [0.25, 0.3) is 0 Å². The van der Waals surface area contributed by atoms with Crippen molar-refractivity contribution in [2.45, 2.75) is 30.0 Å². The predicted octanol–water partition coefficient (Wildman–Crippen LogP) is 3.42. The molecule has 29 heavy (non-hydrogen) atoms. The molecule has 0 bridgehead atoms. The van der Waals surface area contributed by atoms with Crippen molar-refractivity contribution in [2.24, 2.45) is 0 Å². The van der Waals surface area contributed by atoms with E-state index >= 15 is 0 Å². The Bertz CT molecular complexity index is 987. The van der Waals surface area contributed by atoms with E-state index in [-0.39, 0.29) is 23.9 Å². The second kappa shape index (κ2) is 8.42. The number of para-hydroxylation sites is 1. The fraction of sp³-hybridized carbons (Fsp3) is 0.316. The van der Waals surface area contributed by atoms with Crippen LogP contribution in [-0.2, 0) is 20.9 Å². The molecule has 156 valence electrons. The van der Waals surface area contributed by atoms with Gasteiger partial charge in [-0.15, -0.1) is 0 Å². The number of sulfonamides is 1. The van der Waals surface area contributed by atoms with Crippen molar-refractivity contribution in [3.8, 4) is 0 Å². The maximum absolute atomic E-state index is 13.2. The number of benzene rings is 2. The largest absolute Gasteiger partial charge is 0.417 e. The summed E-state index contributed by atoms with van der Waals surface area (Å²) >= 11 is 0. The number of alkyl halides is 3. The zero-order valence-corrected chi connectivity index (χ0v) is 16.0. The van der Waals surface area contributed by atoms with Crippen LogP contribution in [0.15, 0.2) is 53.4 Å². The number of rotatable bonds is 6. The normalized spacial score (nSPS) is 17.1. The summed E-state index contributed by atoms with van der Waals surface area (Å²) in [6.07, 6.45) is -3.25. The summed E-state index contributed by atoms with van der Waals surface area (Å²) in [4.78, 5) is 11.6. The third-order valence-corrected chi connectivity index (χ3v) is 5.84. The highest BCUT2D eigenvalue weighted by Gasteiger charge is 2.37. The van der Waals surface area contributed by atoms with Gasteiger partial charge in [0.15, 0.2) is 0 Å². The third kappa shape index (κ3) is 5.07. The Kier molecular flexibility index (Phi) is 6.13. The standard InChI is InChI=1S/C19H19F3N2O4S/c20-19(21,22)15-8-2-4-10-17(15)29(26,27)24-16-9-3-1-7-14(16)18(25)23-12-13-6-5-11-28-13/h1-4,7-10,13,24H,5-6,11-12H2,(H,23,25). The van der Waals surface area contributed by atoms with Gasteiger partial charge in [-0.3, -0.25) is 9.52 Å². The van der Waals surface area contributed by atoms with Gasteiger partial charge in [0.05, 0.1) is 27.8 Å². The molecular formula is C19H19F3N2O4S. The van der Waals surface area contributed by atoms with Crippen LogP contribution < -0.4 is 10.0 Å². The number of halogens is 3. The highest BCUT2D eigenvalue weighted by atomic mass is 32.2. The van der Waals surface area contributed by atoms with E-state index in [1.54, 1.807) is 0 Å². The van der Waals surface area contributed by atoms with Crippen molar-refractivity contribution in [2.75, 3.05) is 17.9 Å². The molecule has 0 radical (unpaired) electrons. The predicted molar refractivity (Wildman–Crippen MR) is 100 cm³/mol. The topological polar surface area (TPSA) is 84.5 Å². The Morgan fingerprint density at radius 1 is 1.10 bits per heavy atom. The molecule has 1 fully saturated rings. The lowest BCUT2D eigenvalue weighted by molar-refractivity contribution is -0.139. The summed E-state index contributed by atoms with van der Waals surface area (Å²) in [5, 5.41) is 2.66. The van der Waals surface area contributed by atoms with Gasteiger partial charge in [-0.2, -0.15) is 13.2 Å². The van der Waals surface area contributed by atoms with Crippen molar-refractivity contribution in [3.63, 3.8) is 0 Å². The van der Waals surface area contributed by atoms with Gasteiger partial charge in [-0.25, -0.2) is 8.42 Å². The number of anilines is 1. The zero-order valence-electron chi connectivity index (χ0n) is 15.2. The van der Waals surface area contributed by atoms with E-state index in [4.69, 9.17) is 4.74 Å². The molecule has 2 aromatic carbocycles. The molecule has 1 saturated heterocycles. The van der Waals surface area contributed by atoms with Gasteiger partial charge in [-0.05, 0) is 37.1 Å². The minimum Gasteiger partial charge on any atom is -0.376 e. The van der Waals surface area contributed by atoms with E-state index in [0.29, 0.717) is 12.7 Å². The molecule has 1 unspecified atom stereocenters. The summed E-state index contributed by atoms with van der Waals surface area (Å²) in [6.45, 7) is 0.881. The first kappa shape index (κ1) is 21.1. The first-order valence-corrected chi connectivity index (χ1v) is 10.3. The second-order valence-electron chi connectivity index (χ2n) is 6.49. The molecule has 2 N–H and O–H groups in total. The summed E-state index contributed by atoms with van der Waals surface area (Å²) in [5.74, 6) is -0.553. The van der Waals surface area contributed by atoms with Gasteiger partial charge in [0.1, 0.15) is 0 Å². The maximum Gasteiger partial charge on any atom is 0.417 e. The maximum atomic E-state index is 13.2. The van der Waals surface area contributed by atoms with E-state index in [0.717, 1.165) is 25.0 Å². The number of hydrogen-bond acceptors (Lipinski definition) is 4. The van der Waals surface area contributed by atoms with Crippen LogP contribution in [0.3, 0.4) is 0 Å². The lowest BCUT2D eigenvalue weighted by atomic mass is 10.1. The molecule has 0 aromatic heterocycles. The van der Waals surface area contributed by atoms with Gasteiger partial charge in [0.2, 0.25) is 0 Å². The van der Waals surface area contributed by atoms with Gasteiger partial charge >= 0.3 is 6.18 Å². The molecule has 0 spiro atoms. The number of amides is 1. The minimum absolute atomic E-state index is 0.00133. The molecule has 1 amide bonds. The molecular weight excluding hydrogens is 409 g/mol. The number of nitrogens with one attached hydrogen (secondary N) is 2. The molecule has 1 aliphatic heterocycles. The molecule has 1 heterocycles. The second-order valence-corrected chi connectivity index (χ2v) is 8.14. The number of carbonyl (C=O) groups is 1. The summed E-state index contributed by atoms with van der Waals surface area (Å²) in [5.41, 5.74) is -1.40. The Hall–Kier alpha value is -2.59. The van der Waals surface area contributed by atoms with Gasteiger partial charge in [-0.1, -0.05) is 24.3 Å². The van der Waals surface area contributed by atoms with Crippen LogP contribution in [0.1, 0.15) is 28.8 Å². The monoisotopic (exact) mass is 428 g/mol. The highest BCUT2D eigenvalue weighted by molar-refractivity contribution is 7.92. The van der Waals surface area contributed by atoms with Crippen molar-refractivity contribution in [1.29, 1.82) is 0 Å². The van der Waals surface area contributed by atoms with Crippen LogP contribution >= 0.6 is 0 Å². The molecule has 6 nitrogen and oxygen atoms in total.